The predicted octanol–water partition coefficient (Wildman–Crippen LogP) is 4.44. The van der Waals surface area contributed by atoms with E-state index in [0.717, 1.165) is 41.1 Å². The van der Waals surface area contributed by atoms with E-state index in [2.05, 4.69) is 0 Å². The molecule has 1 unspecified atom stereocenters. The van der Waals surface area contributed by atoms with E-state index in [9.17, 15) is 10.1 Å². The lowest BCUT2D eigenvalue weighted by Gasteiger charge is -2.33. The number of aryl methyl sites for hydroxylation is 1. The Morgan fingerprint density at radius 1 is 1.19 bits per heavy atom. The van der Waals surface area contributed by atoms with E-state index >= 15 is 0 Å². The minimum Gasteiger partial charge on any atom is -0.497 e. The van der Waals surface area contributed by atoms with Crippen LogP contribution in [0.1, 0.15) is 35.4 Å². The molecule has 132 valence electrons. The molecule has 2 aromatic carbocycles. The van der Waals surface area contributed by atoms with Crippen LogP contribution in [0.2, 0.25) is 0 Å². The molecule has 2 aliphatic rings. The standard InChI is InChI=1S/C20H18N2O4/c1-25-15-8-4-13-5-9-16-17(11-19(21)26-20(16)18(13)10-15)12-2-6-14(7-3-12)22(23)24/h2-4,6-8,10,17,21H,5,9,11H2,1H3. The minimum absolute atomic E-state index is 0.00593. The first-order chi connectivity index (χ1) is 12.6. The Morgan fingerprint density at radius 2 is 1.96 bits per heavy atom. The van der Waals surface area contributed by atoms with Gasteiger partial charge in [0.2, 0.25) is 0 Å². The van der Waals surface area contributed by atoms with Gasteiger partial charge in [0.05, 0.1) is 12.0 Å². The third kappa shape index (κ3) is 2.73. The van der Waals surface area contributed by atoms with Crippen LogP contribution in [0.4, 0.5) is 5.69 Å². The number of fused-ring (bicyclic) bond motifs is 2. The number of benzene rings is 2. The number of allylic oxidation sites excluding steroid dienone is 1. The van der Waals surface area contributed by atoms with Crippen LogP contribution >= 0.6 is 0 Å². The van der Waals surface area contributed by atoms with E-state index in [1.165, 1.54) is 17.7 Å². The molecule has 6 heteroatoms. The quantitative estimate of drug-likeness (QED) is 0.655. The van der Waals surface area contributed by atoms with Gasteiger partial charge in [0.15, 0.2) is 5.90 Å². The van der Waals surface area contributed by atoms with E-state index in [1.54, 1.807) is 19.2 Å². The summed E-state index contributed by atoms with van der Waals surface area (Å²) < 4.78 is 11.2. The highest BCUT2D eigenvalue weighted by molar-refractivity contribution is 5.87. The Labute approximate surface area is 150 Å². The van der Waals surface area contributed by atoms with Gasteiger partial charge in [-0.05, 0) is 41.7 Å². The molecule has 26 heavy (non-hydrogen) atoms. The zero-order chi connectivity index (χ0) is 18.3. The van der Waals surface area contributed by atoms with E-state index < -0.39 is 4.92 Å². The highest BCUT2D eigenvalue weighted by Crippen LogP contribution is 2.45. The van der Waals surface area contributed by atoms with E-state index in [1.807, 2.05) is 18.2 Å². The molecule has 0 saturated carbocycles. The summed E-state index contributed by atoms with van der Waals surface area (Å²) in [6, 6.07) is 12.5. The number of non-ortho nitro benzene ring substituents is 1. The zero-order valence-electron chi connectivity index (χ0n) is 14.3. The third-order valence-electron chi connectivity index (χ3n) is 5.06. The molecular weight excluding hydrogens is 332 g/mol. The number of ether oxygens (including phenoxy) is 2. The second kappa shape index (κ2) is 6.29. The molecule has 4 rings (SSSR count). The molecule has 1 aliphatic carbocycles. The average molecular weight is 350 g/mol. The fourth-order valence-corrected chi connectivity index (χ4v) is 3.74. The van der Waals surface area contributed by atoms with Gasteiger partial charge >= 0.3 is 0 Å². The normalized spacial score (nSPS) is 18.7. The fraction of sp³-hybridized carbons (Fsp3) is 0.250. The minimum atomic E-state index is -0.399. The summed E-state index contributed by atoms with van der Waals surface area (Å²) in [6.45, 7) is 0. The Hall–Kier alpha value is -3.15. The number of methoxy groups -OCH3 is 1. The maximum atomic E-state index is 10.9. The van der Waals surface area contributed by atoms with E-state index in [-0.39, 0.29) is 17.5 Å². The van der Waals surface area contributed by atoms with Crippen molar-refractivity contribution in [1.82, 2.24) is 0 Å². The number of hydrogen-bond acceptors (Lipinski definition) is 5. The van der Waals surface area contributed by atoms with Crippen LogP contribution in [-0.2, 0) is 11.2 Å². The molecule has 0 bridgehead atoms. The van der Waals surface area contributed by atoms with Gasteiger partial charge in [0.1, 0.15) is 11.5 Å². The third-order valence-corrected chi connectivity index (χ3v) is 5.06. The van der Waals surface area contributed by atoms with Gasteiger partial charge in [-0.2, -0.15) is 0 Å². The second-order valence-electron chi connectivity index (χ2n) is 6.51. The van der Waals surface area contributed by atoms with Gasteiger partial charge in [0, 0.05) is 30.0 Å². The molecule has 1 N–H and O–H groups in total. The van der Waals surface area contributed by atoms with E-state index in [0.29, 0.717) is 6.42 Å². The maximum absolute atomic E-state index is 10.9. The molecule has 1 atom stereocenters. The fourth-order valence-electron chi connectivity index (χ4n) is 3.74. The van der Waals surface area contributed by atoms with Crippen molar-refractivity contribution in [3.8, 4) is 5.75 Å². The van der Waals surface area contributed by atoms with Crippen molar-refractivity contribution in [1.29, 1.82) is 5.41 Å². The summed E-state index contributed by atoms with van der Waals surface area (Å²) in [4.78, 5) is 10.5. The smallest absolute Gasteiger partial charge is 0.269 e. The summed E-state index contributed by atoms with van der Waals surface area (Å²) in [6.07, 6.45) is 2.22. The van der Waals surface area contributed by atoms with Crippen LogP contribution in [0.3, 0.4) is 0 Å². The maximum Gasteiger partial charge on any atom is 0.269 e. The molecule has 6 nitrogen and oxygen atoms in total. The predicted molar refractivity (Wildman–Crippen MR) is 97.5 cm³/mol. The van der Waals surface area contributed by atoms with Gasteiger partial charge in [-0.15, -0.1) is 0 Å². The summed E-state index contributed by atoms with van der Waals surface area (Å²) in [5.41, 5.74) is 4.35. The number of nitro benzene ring substituents is 1. The molecule has 0 radical (unpaired) electrons. The SMILES string of the molecule is COc1ccc2c(c1)C1=C(CC2)C(c2ccc([N+](=O)[O-])cc2)CC(=N)O1. The van der Waals surface area contributed by atoms with Crippen molar-refractivity contribution < 1.29 is 14.4 Å². The van der Waals surface area contributed by atoms with Crippen LogP contribution in [0.15, 0.2) is 48.0 Å². The molecular formula is C20H18N2O4. The molecule has 0 spiro atoms. The number of nitrogens with zero attached hydrogens (tertiary/aromatic N) is 1. The lowest BCUT2D eigenvalue weighted by Crippen LogP contribution is -2.23. The first-order valence-corrected chi connectivity index (χ1v) is 8.47. The lowest BCUT2D eigenvalue weighted by atomic mass is 9.78. The molecule has 0 amide bonds. The number of rotatable bonds is 3. The lowest BCUT2D eigenvalue weighted by molar-refractivity contribution is -0.384. The van der Waals surface area contributed by atoms with Crippen LogP contribution in [0.5, 0.6) is 5.75 Å². The van der Waals surface area contributed by atoms with Crippen LogP contribution < -0.4 is 4.74 Å². The van der Waals surface area contributed by atoms with Gasteiger partial charge < -0.3 is 9.47 Å². The Morgan fingerprint density at radius 3 is 2.65 bits per heavy atom. The van der Waals surface area contributed by atoms with Crippen LogP contribution in [-0.4, -0.2) is 17.9 Å². The first-order valence-electron chi connectivity index (χ1n) is 8.47. The Bertz CT molecular complexity index is 931. The van der Waals surface area contributed by atoms with Crippen molar-refractivity contribution in [2.45, 2.75) is 25.2 Å². The largest absolute Gasteiger partial charge is 0.497 e. The summed E-state index contributed by atoms with van der Waals surface area (Å²) >= 11 is 0. The molecule has 1 heterocycles. The summed E-state index contributed by atoms with van der Waals surface area (Å²) in [7, 11) is 1.63. The van der Waals surface area contributed by atoms with Crippen molar-refractivity contribution >= 4 is 17.3 Å². The van der Waals surface area contributed by atoms with Gasteiger partial charge in [-0.3, -0.25) is 15.5 Å². The second-order valence-corrected chi connectivity index (χ2v) is 6.51. The van der Waals surface area contributed by atoms with E-state index in [4.69, 9.17) is 14.9 Å². The first kappa shape index (κ1) is 16.3. The number of nitrogens with one attached hydrogen (secondary N) is 1. The Balaban J connectivity index is 1.79. The van der Waals surface area contributed by atoms with Gasteiger partial charge in [0.25, 0.3) is 5.69 Å². The molecule has 1 aliphatic heterocycles. The highest BCUT2D eigenvalue weighted by Gasteiger charge is 2.33. The molecule has 2 aromatic rings. The monoisotopic (exact) mass is 350 g/mol. The summed E-state index contributed by atoms with van der Waals surface area (Å²) in [5.74, 6) is 1.71. The molecule has 0 aromatic heterocycles. The van der Waals surface area contributed by atoms with Gasteiger partial charge in [-0.1, -0.05) is 18.2 Å². The van der Waals surface area contributed by atoms with Crippen molar-refractivity contribution in [2.75, 3.05) is 7.11 Å². The topological polar surface area (TPSA) is 85.5 Å². The van der Waals surface area contributed by atoms with Gasteiger partial charge in [-0.25, -0.2) is 0 Å². The van der Waals surface area contributed by atoms with Crippen molar-refractivity contribution in [3.05, 3.63) is 74.8 Å². The summed E-state index contributed by atoms with van der Waals surface area (Å²) in [5, 5.41) is 19.0. The van der Waals surface area contributed by atoms with Crippen LogP contribution in [0, 0.1) is 15.5 Å². The highest BCUT2D eigenvalue weighted by atomic mass is 16.6. The number of hydrogen-bond donors (Lipinski definition) is 1. The average Bonchev–Trinajstić information content (AvgIpc) is 2.66. The number of nitro groups is 1. The van der Waals surface area contributed by atoms with Crippen LogP contribution in [0.25, 0.3) is 5.76 Å². The van der Waals surface area contributed by atoms with Crippen molar-refractivity contribution in [3.63, 3.8) is 0 Å². The Kier molecular flexibility index (Phi) is 3.95. The zero-order valence-corrected chi connectivity index (χ0v) is 14.3. The van der Waals surface area contributed by atoms with Crippen molar-refractivity contribution in [2.24, 2.45) is 0 Å². The molecule has 0 fully saturated rings. The molecule has 0 saturated heterocycles.